The average molecular weight is 253 g/mol. The highest BCUT2D eigenvalue weighted by Crippen LogP contribution is 2.51. The van der Waals surface area contributed by atoms with E-state index in [0.29, 0.717) is 6.04 Å². The number of hydrogen-bond donors (Lipinski definition) is 1. The summed E-state index contributed by atoms with van der Waals surface area (Å²) < 4.78 is 6.05. The van der Waals surface area contributed by atoms with Crippen LogP contribution in [-0.4, -0.2) is 24.8 Å². The third kappa shape index (κ3) is 2.91. The molecule has 2 aliphatic carbocycles. The van der Waals surface area contributed by atoms with Gasteiger partial charge in [0, 0.05) is 12.6 Å². The molecule has 0 saturated heterocycles. The van der Waals surface area contributed by atoms with Gasteiger partial charge in [0.1, 0.15) is 0 Å². The van der Waals surface area contributed by atoms with Gasteiger partial charge in [0.2, 0.25) is 0 Å². The van der Waals surface area contributed by atoms with Crippen molar-refractivity contribution in [3.8, 4) is 0 Å². The Morgan fingerprint density at radius 2 is 2.00 bits per heavy atom. The molecule has 4 unspecified atom stereocenters. The second-order valence-electron chi connectivity index (χ2n) is 6.81. The summed E-state index contributed by atoms with van der Waals surface area (Å²) in [6.07, 6.45) is 7.07. The third-order valence-corrected chi connectivity index (χ3v) is 5.10. The minimum Gasteiger partial charge on any atom is -0.374 e. The van der Waals surface area contributed by atoms with Crippen LogP contribution in [0.4, 0.5) is 0 Å². The van der Waals surface area contributed by atoms with E-state index < -0.39 is 0 Å². The molecule has 2 aliphatic rings. The molecular weight excluding hydrogens is 222 g/mol. The van der Waals surface area contributed by atoms with E-state index in [1.807, 2.05) is 0 Å². The summed E-state index contributed by atoms with van der Waals surface area (Å²) in [4.78, 5) is 0. The first-order valence-electron chi connectivity index (χ1n) is 7.95. The van der Waals surface area contributed by atoms with E-state index in [1.54, 1.807) is 0 Å². The van der Waals surface area contributed by atoms with Gasteiger partial charge in [-0.15, -0.1) is 0 Å². The van der Waals surface area contributed by atoms with Crippen LogP contribution >= 0.6 is 0 Å². The van der Waals surface area contributed by atoms with Crippen molar-refractivity contribution in [1.82, 2.24) is 5.32 Å². The van der Waals surface area contributed by atoms with Gasteiger partial charge in [-0.1, -0.05) is 13.3 Å². The average Bonchev–Trinajstić information content (AvgIpc) is 2.91. The molecular formula is C16H31NO. The Hall–Kier alpha value is -0.0800. The van der Waals surface area contributed by atoms with Crippen LogP contribution in [0.1, 0.15) is 59.8 Å². The van der Waals surface area contributed by atoms with Crippen molar-refractivity contribution < 1.29 is 4.74 Å². The molecule has 0 radical (unpaired) electrons. The van der Waals surface area contributed by atoms with Crippen molar-refractivity contribution in [2.24, 2.45) is 17.8 Å². The summed E-state index contributed by atoms with van der Waals surface area (Å²) in [6.45, 7) is 10.8. The molecule has 0 aromatic heterocycles. The molecule has 2 fully saturated rings. The van der Waals surface area contributed by atoms with Gasteiger partial charge in [0.15, 0.2) is 0 Å². The van der Waals surface area contributed by atoms with Crippen molar-refractivity contribution in [2.75, 3.05) is 13.2 Å². The molecule has 0 heterocycles. The van der Waals surface area contributed by atoms with Crippen molar-refractivity contribution in [2.45, 2.75) is 71.4 Å². The molecule has 0 aromatic carbocycles. The van der Waals surface area contributed by atoms with E-state index in [1.165, 1.54) is 32.1 Å². The molecule has 0 amide bonds. The number of rotatable bonds is 7. The highest BCUT2D eigenvalue weighted by Gasteiger charge is 2.47. The van der Waals surface area contributed by atoms with Gasteiger partial charge in [-0.25, -0.2) is 0 Å². The summed E-state index contributed by atoms with van der Waals surface area (Å²) in [7, 11) is 0. The van der Waals surface area contributed by atoms with Gasteiger partial charge in [0.05, 0.1) is 5.60 Å². The smallest absolute Gasteiger partial charge is 0.0781 e. The van der Waals surface area contributed by atoms with Crippen LogP contribution in [0.5, 0.6) is 0 Å². The number of nitrogens with one attached hydrogen (secondary N) is 1. The van der Waals surface area contributed by atoms with Gasteiger partial charge in [0.25, 0.3) is 0 Å². The predicted molar refractivity (Wildman–Crippen MR) is 76.7 cm³/mol. The van der Waals surface area contributed by atoms with Crippen LogP contribution in [-0.2, 0) is 4.74 Å². The second kappa shape index (κ2) is 5.92. The lowest BCUT2D eigenvalue weighted by Crippen LogP contribution is -2.54. The van der Waals surface area contributed by atoms with Gasteiger partial charge in [-0.3, -0.25) is 0 Å². The largest absolute Gasteiger partial charge is 0.374 e. The molecule has 2 saturated carbocycles. The van der Waals surface area contributed by atoms with Crippen LogP contribution in [0.2, 0.25) is 0 Å². The van der Waals surface area contributed by atoms with Crippen molar-refractivity contribution in [3.63, 3.8) is 0 Å². The molecule has 0 aliphatic heterocycles. The Morgan fingerprint density at radius 1 is 1.22 bits per heavy atom. The molecule has 0 aromatic rings. The Bertz CT molecular complexity index is 264. The Morgan fingerprint density at radius 3 is 2.50 bits per heavy atom. The van der Waals surface area contributed by atoms with Gasteiger partial charge < -0.3 is 10.1 Å². The van der Waals surface area contributed by atoms with Crippen molar-refractivity contribution in [1.29, 1.82) is 0 Å². The molecule has 4 atom stereocenters. The van der Waals surface area contributed by atoms with Crippen LogP contribution in [0.25, 0.3) is 0 Å². The second-order valence-corrected chi connectivity index (χ2v) is 6.81. The standard InChI is InChI=1S/C16H31NO/c1-5-9-17-15(16(3,4)18-6-2)14-11-12-7-8-13(14)10-12/h12-15,17H,5-11H2,1-4H3. The molecule has 1 N–H and O–H groups in total. The summed E-state index contributed by atoms with van der Waals surface area (Å²) in [5.41, 5.74) is -0.0287. The molecule has 2 bridgehead atoms. The normalized spacial score (nSPS) is 33.0. The zero-order chi connectivity index (χ0) is 13.2. The predicted octanol–water partition coefficient (Wildman–Crippen LogP) is 3.61. The van der Waals surface area contributed by atoms with E-state index in [2.05, 4.69) is 33.0 Å². The SMILES string of the molecule is CCCNC(C1CC2CCC1C2)C(C)(C)OCC. The summed E-state index contributed by atoms with van der Waals surface area (Å²) in [5.74, 6) is 2.82. The molecule has 106 valence electrons. The molecule has 2 rings (SSSR count). The number of ether oxygens (including phenoxy) is 1. The first-order valence-corrected chi connectivity index (χ1v) is 7.95. The highest BCUT2D eigenvalue weighted by atomic mass is 16.5. The maximum Gasteiger partial charge on any atom is 0.0781 e. The van der Waals surface area contributed by atoms with Crippen molar-refractivity contribution >= 4 is 0 Å². The van der Waals surface area contributed by atoms with Crippen molar-refractivity contribution in [3.05, 3.63) is 0 Å². The zero-order valence-electron chi connectivity index (χ0n) is 12.7. The van der Waals surface area contributed by atoms with Gasteiger partial charge >= 0.3 is 0 Å². The van der Waals surface area contributed by atoms with E-state index in [0.717, 1.165) is 30.9 Å². The van der Waals surface area contributed by atoms with Gasteiger partial charge in [-0.05, 0) is 70.8 Å². The van der Waals surface area contributed by atoms with Crippen LogP contribution in [0, 0.1) is 17.8 Å². The quantitative estimate of drug-likeness (QED) is 0.748. The van der Waals surface area contributed by atoms with E-state index >= 15 is 0 Å². The fourth-order valence-electron chi connectivity index (χ4n) is 4.38. The van der Waals surface area contributed by atoms with Crippen LogP contribution in [0.15, 0.2) is 0 Å². The maximum absolute atomic E-state index is 6.05. The fraction of sp³-hybridized carbons (Fsp3) is 1.00. The lowest BCUT2D eigenvalue weighted by atomic mass is 9.77. The first kappa shape index (κ1) is 14.3. The molecule has 2 nitrogen and oxygen atoms in total. The summed E-state index contributed by atoms with van der Waals surface area (Å²) in [6, 6.07) is 0.535. The lowest BCUT2D eigenvalue weighted by Gasteiger charge is -2.41. The Balaban J connectivity index is 2.04. The third-order valence-electron chi connectivity index (χ3n) is 5.10. The topological polar surface area (TPSA) is 21.3 Å². The molecule has 2 heteroatoms. The number of fused-ring (bicyclic) bond motifs is 2. The Kier molecular flexibility index (Phi) is 4.71. The maximum atomic E-state index is 6.05. The minimum absolute atomic E-state index is 0.0287. The zero-order valence-corrected chi connectivity index (χ0v) is 12.7. The minimum atomic E-state index is -0.0287. The van der Waals surface area contributed by atoms with Crippen LogP contribution < -0.4 is 5.32 Å². The van der Waals surface area contributed by atoms with E-state index in [9.17, 15) is 0 Å². The summed E-state index contributed by atoms with van der Waals surface area (Å²) >= 11 is 0. The molecule has 18 heavy (non-hydrogen) atoms. The van der Waals surface area contributed by atoms with Gasteiger partial charge in [-0.2, -0.15) is 0 Å². The van der Waals surface area contributed by atoms with E-state index in [4.69, 9.17) is 4.74 Å². The van der Waals surface area contributed by atoms with E-state index in [-0.39, 0.29) is 5.60 Å². The van der Waals surface area contributed by atoms with Crippen LogP contribution in [0.3, 0.4) is 0 Å². The molecule has 0 spiro atoms. The first-order chi connectivity index (χ1) is 8.58. The lowest BCUT2D eigenvalue weighted by molar-refractivity contribution is -0.0595. The number of hydrogen-bond acceptors (Lipinski definition) is 2. The highest BCUT2D eigenvalue weighted by molar-refractivity contribution is 5.01. The Labute approximate surface area is 113 Å². The fourth-order valence-corrected chi connectivity index (χ4v) is 4.38. The summed E-state index contributed by atoms with van der Waals surface area (Å²) in [5, 5.41) is 3.80. The monoisotopic (exact) mass is 253 g/mol.